The number of hydrogen-bond acceptors (Lipinski definition) is 2. The summed E-state index contributed by atoms with van der Waals surface area (Å²) in [6, 6.07) is 9.15. The van der Waals surface area contributed by atoms with Crippen molar-refractivity contribution in [3.63, 3.8) is 0 Å². The van der Waals surface area contributed by atoms with Crippen molar-refractivity contribution in [3.05, 3.63) is 29.8 Å². The van der Waals surface area contributed by atoms with Crippen molar-refractivity contribution >= 4 is 5.69 Å². The second-order valence-electron chi connectivity index (χ2n) is 5.87. The van der Waals surface area contributed by atoms with Crippen LogP contribution in [0.1, 0.15) is 51.7 Å². The van der Waals surface area contributed by atoms with Crippen LogP contribution in [0.3, 0.4) is 0 Å². The molecule has 0 aromatic heterocycles. The van der Waals surface area contributed by atoms with E-state index in [9.17, 15) is 5.11 Å². The van der Waals surface area contributed by atoms with Gasteiger partial charge >= 0.3 is 0 Å². The van der Waals surface area contributed by atoms with Crippen molar-refractivity contribution in [2.75, 3.05) is 11.4 Å². The Bertz CT molecular complexity index is 365. The van der Waals surface area contributed by atoms with E-state index in [2.05, 4.69) is 30.9 Å². The third-order valence-corrected chi connectivity index (χ3v) is 3.64. The molecule has 1 atom stereocenters. The summed E-state index contributed by atoms with van der Waals surface area (Å²) < 4.78 is 0. The molecular formula is C16H25NO. The average Bonchev–Trinajstić information content (AvgIpc) is 3.14. The van der Waals surface area contributed by atoms with Crippen LogP contribution in [0, 0.1) is 5.92 Å². The molecule has 100 valence electrons. The zero-order valence-corrected chi connectivity index (χ0v) is 11.8. The molecule has 1 aliphatic rings. The van der Waals surface area contributed by atoms with Gasteiger partial charge in [0.05, 0.1) is 6.10 Å². The minimum Gasteiger partial charge on any atom is -0.389 e. The van der Waals surface area contributed by atoms with Gasteiger partial charge in [-0.25, -0.2) is 0 Å². The first-order valence-corrected chi connectivity index (χ1v) is 7.12. The van der Waals surface area contributed by atoms with E-state index in [1.165, 1.54) is 24.9 Å². The molecule has 0 bridgehead atoms. The molecule has 0 amide bonds. The molecule has 2 rings (SSSR count). The number of nitrogens with zero attached hydrogens (tertiary/aromatic N) is 1. The molecule has 1 saturated carbocycles. The van der Waals surface area contributed by atoms with Crippen LogP contribution in [-0.2, 0) is 0 Å². The Kier molecular flexibility index (Phi) is 4.28. The fourth-order valence-corrected chi connectivity index (χ4v) is 2.25. The van der Waals surface area contributed by atoms with Crippen molar-refractivity contribution < 1.29 is 5.11 Å². The van der Waals surface area contributed by atoms with Gasteiger partial charge in [-0.3, -0.25) is 0 Å². The molecule has 0 spiro atoms. The number of benzene rings is 1. The standard InChI is InChI=1S/C16H25NO/c1-12(2)10-11-17(16-8-9-16)15-6-4-14(5-7-15)13(3)18/h4-7,12-13,16,18H,8-11H2,1-3H3/t13-/m0/s1. The van der Waals surface area contributed by atoms with E-state index >= 15 is 0 Å². The summed E-state index contributed by atoms with van der Waals surface area (Å²) >= 11 is 0. The lowest BCUT2D eigenvalue weighted by molar-refractivity contribution is 0.199. The maximum absolute atomic E-state index is 9.54. The Labute approximate surface area is 111 Å². The lowest BCUT2D eigenvalue weighted by Gasteiger charge is -2.26. The van der Waals surface area contributed by atoms with Crippen LogP contribution >= 0.6 is 0 Å². The number of aliphatic hydroxyl groups excluding tert-OH is 1. The van der Waals surface area contributed by atoms with Crippen molar-refractivity contribution in [2.45, 2.75) is 52.2 Å². The number of rotatable bonds is 6. The molecule has 1 aliphatic carbocycles. The van der Waals surface area contributed by atoms with Crippen molar-refractivity contribution in [1.29, 1.82) is 0 Å². The van der Waals surface area contributed by atoms with Gasteiger partial charge in [-0.1, -0.05) is 26.0 Å². The molecule has 0 unspecified atom stereocenters. The van der Waals surface area contributed by atoms with Crippen molar-refractivity contribution in [3.8, 4) is 0 Å². The molecule has 0 saturated heterocycles. The molecule has 0 radical (unpaired) electrons. The van der Waals surface area contributed by atoms with Crippen LogP contribution in [0.25, 0.3) is 0 Å². The molecule has 0 aliphatic heterocycles. The number of aliphatic hydroxyl groups is 1. The Hall–Kier alpha value is -1.02. The van der Waals surface area contributed by atoms with Gasteiger partial charge in [0.15, 0.2) is 0 Å². The molecule has 1 fully saturated rings. The monoisotopic (exact) mass is 247 g/mol. The summed E-state index contributed by atoms with van der Waals surface area (Å²) in [5, 5.41) is 9.54. The smallest absolute Gasteiger partial charge is 0.0761 e. The highest BCUT2D eigenvalue weighted by Gasteiger charge is 2.28. The molecule has 18 heavy (non-hydrogen) atoms. The third kappa shape index (κ3) is 3.49. The van der Waals surface area contributed by atoms with E-state index in [-0.39, 0.29) is 6.10 Å². The first-order valence-electron chi connectivity index (χ1n) is 7.12. The fraction of sp³-hybridized carbons (Fsp3) is 0.625. The lowest BCUT2D eigenvalue weighted by Crippen LogP contribution is -2.27. The summed E-state index contributed by atoms with van der Waals surface area (Å²) in [7, 11) is 0. The van der Waals surface area contributed by atoms with Gasteiger partial charge < -0.3 is 10.0 Å². The molecule has 2 nitrogen and oxygen atoms in total. The summed E-state index contributed by atoms with van der Waals surface area (Å²) in [4.78, 5) is 2.53. The second-order valence-corrected chi connectivity index (χ2v) is 5.87. The highest BCUT2D eigenvalue weighted by molar-refractivity contribution is 5.50. The van der Waals surface area contributed by atoms with Gasteiger partial charge in [-0.2, -0.15) is 0 Å². The zero-order valence-electron chi connectivity index (χ0n) is 11.8. The van der Waals surface area contributed by atoms with Gasteiger partial charge in [-0.05, 0) is 49.8 Å². The maximum Gasteiger partial charge on any atom is 0.0761 e. The van der Waals surface area contributed by atoms with Crippen LogP contribution in [-0.4, -0.2) is 17.7 Å². The molecule has 1 aromatic carbocycles. The lowest BCUT2D eigenvalue weighted by atomic mass is 10.1. The van der Waals surface area contributed by atoms with Crippen LogP contribution in [0.4, 0.5) is 5.69 Å². The summed E-state index contributed by atoms with van der Waals surface area (Å²) in [6.07, 6.45) is 3.53. The van der Waals surface area contributed by atoms with E-state index in [0.29, 0.717) is 0 Å². The van der Waals surface area contributed by atoms with Crippen LogP contribution in [0.5, 0.6) is 0 Å². The summed E-state index contributed by atoms with van der Waals surface area (Å²) in [6.45, 7) is 7.52. The minimum atomic E-state index is -0.371. The van der Waals surface area contributed by atoms with E-state index in [4.69, 9.17) is 0 Å². The molecule has 2 heteroatoms. The van der Waals surface area contributed by atoms with Crippen LogP contribution < -0.4 is 4.90 Å². The van der Waals surface area contributed by atoms with Gasteiger partial charge in [0.25, 0.3) is 0 Å². The molecule has 1 aromatic rings. The normalized spacial score (nSPS) is 16.9. The first kappa shape index (κ1) is 13.4. The Balaban J connectivity index is 2.05. The fourth-order valence-electron chi connectivity index (χ4n) is 2.25. The van der Waals surface area contributed by atoms with Crippen molar-refractivity contribution in [2.24, 2.45) is 5.92 Å². The van der Waals surface area contributed by atoms with E-state index in [1.807, 2.05) is 19.1 Å². The third-order valence-electron chi connectivity index (χ3n) is 3.64. The molecular weight excluding hydrogens is 222 g/mol. The predicted molar refractivity (Wildman–Crippen MR) is 76.9 cm³/mol. The minimum absolute atomic E-state index is 0.371. The summed E-state index contributed by atoms with van der Waals surface area (Å²) in [5.41, 5.74) is 2.31. The Morgan fingerprint density at radius 1 is 1.17 bits per heavy atom. The van der Waals surface area contributed by atoms with E-state index in [0.717, 1.165) is 24.1 Å². The number of anilines is 1. The predicted octanol–water partition coefficient (Wildman–Crippen LogP) is 3.75. The summed E-state index contributed by atoms with van der Waals surface area (Å²) in [5.74, 6) is 0.753. The molecule has 1 N–H and O–H groups in total. The largest absolute Gasteiger partial charge is 0.389 e. The average molecular weight is 247 g/mol. The highest BCUT2D eigenvalue weighted by Crippen LogP contribution is 2.32. The van der Waals surface area contributed by atoms with Gasteiger partial charge in [0, 0.05) is 18.3 Å². The van der Waals surface area contributed by atoms with Gasteiger partial charge in [0.2, 0.25) is 0 Å². The second kappa shape index (κ2) is 5.75. The maximum atomic E-state index is 9.54. The van der Waals surface area contributed by atoms with Gasteiger partial charge in [-0.15, -0.1) is 0 Å². The highest BCUT2D eigenvalue weighted by atomic mass is 16.3. The van der Waals surface area contributed by atoms with E-state index < -0.39 is 0 Å². The topological polar surface area (TPSA) is 23.5 Å². The number of hydrogen-bond donors (Lipinski definition) is 1. The van der Waals surface area contributed by atoms with Gasteiger partial charge in [0.1, 0.15) is 0 Å². The molecule has 0 heterocycles. The first-order chi connectivity index (χ1) is 8.58. The van der Waals surface area contributed by atoms with Crippen LogP contribution in [0.2, 0.25) is 0 Å². The Morgan fingerprint density at radius 3 is 2.22 bits per heavy atom. The zero-order chi connectivity index (χ0) is 13.1. The quantitative estimate of drug-likeness (QED) is 0.827. The van der Waals surface area contributed by atoms with Crippen molar-refractivity contribution in [1.82, 2.24) is 0 Å². The SMILES string of the molecule is CC(C)CCN(c1ccc([C@H](C)O)cc1)C1CC1. The van der Waals surface area contributed by atoms with E-state index in [1.54, 1.807) is 0 Å². The van der Waals surface area contributed by atoms with Crippen LogP contribution in [0.15, 0.2) is 24.3 Å². The Morgan fingerprint density at radius 2 is 1.78 bits per heavy atom.